The van der Waals surface area contributed by atoms with E-state index in [1.165, 1.54) is 0 Å². The van der Waals surface area contributed by atoms with Crippen LogP contribution in [-0.2, 0) is 22.5 Å². The molecule has 1 fully saturated rings. The molecule has 1 atom stereocenters. The van der Waals surface area contributed by atoms with E-state index in [1.807, 2.05) is 36.5 Å². The molecule has 32 heavy (non-hydrogen) atoms. The van der Waals surface area contributed by atoms with Gasteiger partial charge in [-0.1, -0.05) is 42.5 Å². The lowest BCUT2D eigenvalue weighted by atomic mass is 9.90. The predicted octanol–water partition coefficient (Wildman–Crippen LogP) is 3.32. The van der Waals surface area contributed by atoms with Crippen molar-refractivity contribution in [3.8, 4) is 16.9 Å². The Morgan fingerprint density at radius 2 is 1.97 bits per heavy atom. The van der Waals surface area contributed by atoms with Crippen molar-refractivity contribution < 1.29 is 14.3 Å². The van der Waals surface area contributed by atoms with Gasteiger partial charge in [0, 0.05) is 45.5 Å². The third-order valence-electron chi connectivity index (χ3n) is 5.88. The number of aromatic nitrogens is 1. The highest BCUT2D eigenvalue weighted by Crippen LogP contribution is 2.27. The minimum absolute atomic E-state index is 0.0934. The normalized spacial score (nSPS) is 18.8. The Kier molecular flexibility index (Phi) is 6.83. The van der Waals surface area contributed by atoms with Gasteiger partial charge < -0.3 is 14.8 Å². The summed E-state index contributed by atoms with van der Waals surface area (Å²) in [6.45, 7) is 2.54. The Morgan fingerprint density at radius 1 is 1.12 bits per heavy atom. The number of benzene rings is 2. The van der Waals surface area contributed by atoms with Crippen LogP contribution in [-0.4, -0.2) is 55.2 Å². The molecule has 1 N–H and O–H groups in total. The average molecular weight is 432 g/mol. The molecule has 1 aromatic heterocycles. The summed E-state index contributed by atoms with van der Waals surface area (Å²) in [5.74, 6) is 0.742. The molecule has 0 radical (unpaired) electrons. The Morgan fingerprint density at radius 3 is 2.69 bits per heavy atom. The number of nitrogens with one attached hydrogen (secondary N) is 1. The van der Waals surface area contributed by atoms with E-state index in [-0.39, 0.29) is 5.91 Å². The summed E-state index contributed by atoms with van der Waals surface area (Å²) in [7, 11) is 3.34. The first-order valence-corrected chi connectivity index (χ1v) is 10.8. The number of pyridine rings is 1. The second-order valence-electron chi connectivity index (χ2n) is 8.10. The second-order valence-corrected chi connectivity index (χ2v) is 8.10. The fourth-order valence-corrected chi connectivity index (χ4v) is 4.25. The molecule has 2 aromatic carbocycles. The molecule has 2 heterocycles. The zero-order valence-electron chi connectivity index (χ0n) is 18.6. The van der Waals surface area contributed by atoms with Crippen molar-refractivity contribution in [2.24, 2.45) is 0 Å². The number of likely N-dealkylation sites (N-methyl/N-ethyl adjacent to an activating group) is 1. The molecule has 6 heteroatoms. The summed E-state index contributed by atoms with van der Waals surface area (Å²) in [4.78, 5) is 19.5. The third kappa shape index (κ3) is 4.98. The van der Waals surface area contributed by atoms with E-state index in [9.17, 15) is 4.79 Å². The molecule has 1 aliphatic rings. The molecular formula is C26H29N3O3. The smallest absolute Gasteiger partial charge is 0.253 e. The van der Waals surface area contributed by atoms with E-state index >= 15 is 0 Å². The number of carbonyl (C=O) groups is 1. The van der Waals surface area contributed by atoms with Gasteiger partial charge in [-0.25, -0.2) is 0 Å². The first-order chi connectivity index (χ1) is 15.6. The number of ether oxygens (including phenoxy) is 2. The molecule has 0 spiro atoms. The van der Waals surface area contributed by atoms with Crippen molar-refractivity contribution in [3.05, 3.63) is 84.2 Å². The van der Waals surface area contributed by atoms with Crippen LogP contribution in [0.15, 0.2) is 73.1 Å². The van der Waals surface area contributed by atoms with E-state index < -0.39 is 5.60 Å². The van der Waals surface area contributed by atoms with Gasteiger partial charge in [-0.15, -0.1) is 0 Å². The third-order valence-corrected chi connectivity index (χ3v) is 5.88. The van der Waals surface area contributed by atoms with E-state index in [1.54, 1.807) is 20.4 Å². The van der Waals surface area contributed by atoms with Crippen LogP contribution in [0.25, 0.3) is 11.1 Å². The van der Waals surface area contributed by atoms with Crippen LogP contribution in [0, 0.1) is 0 Å². The fraction of sp³-hybridized carbons (Fsp3) is 0.308. The molecule has 0 aliphatic carbocycles. The van der Waals surface area contributed by atoms with Crippen molar-refractivity contribution >= 4 is 5.91 Å². The number of methoxy groups -OCH3 is 1. The Bertz CT molecular complexity index is 1040. The molecule has 1 aliphatic heterocycles. The zero-order chi connectivity index (χ0) is 22.4. The van der Waals surface area contributed by atoms with Gasteiger partial charge in [-0.05, 0) is 40.5 Å². The number of amides is 1. The number of morpholine rings is 1. The van der Waals surface area contributed by atoms with Gasteiger partial charge in [0.2, 0.25) is 0 Å². The number of hydrogen-bond acceptors (Lipinski definition) is 5. The minimum Gasteiger partial charge on any atom is -0.497 e. The minimum atomic E-state index is -0.929. The first-order valence-electron chi connectivity index (χ1n) is 10.8. The lowest BCUT2D eigenvalue weighted by molar-refractivity contribution is -0.160. The Labute approximate surface area is 189 Å². The van der Waals surface area contributed by atoms with Gasteiger partial charge >= 0.3 is 0 Å². The fourth-order valence-electron chi connectivity index (χ4n) is 4.25. The maximum atomic E-state index is 13.0. The second kappa shape index (κ2) is 9.94. The van der Waals surface area contributed by atoms with Crippen molar-refractivity contribution in [1.82, 2.24) is 15.2 Å². The van der Waals surface area contributed by atoms with Crippen LogP contribution in [0.5, 0.6) is 5.75 Å². The SMILES string of the molecule is CNC(=O)[C@]1(Cc2ccc(-c3cccnc3)cc2)CN(Cc2cccc(OC)c2)CCO1. The summed E-state index contributed by atoms with van der Waals surface area (Å²) >= 11 is 0. The van der Waals surface area contributed by atoms with Crippen LogP contribution in [0.2, 0.25) is 0 Å². The van der Waals surface area contributed by atoms with Gasteiger partial charge in [0.1, 0.15) is 5.75 Å². The topological polar surface area (TPSA) is 63.7 Å². The maximum absolute atomic E-state index is 13.0. The van der Waals surface area contributed by atoms with Crippen molar-refractivity contribution in [2.75, 3.05) is 33.9 Å². The van der Waals surface area contributed by atoms with E-state index in [0.29, 0.717) is 19.6 Å². The molecule has 166 valence electrons. The summed E-state index contributed by atoms with van der Waals surface area (Å²) in [6.07, 6.45) is 4.12. The molecule has 6 nitrogen and oxygen atoms in total. The first kappa shape index (κ1) is 22.0. The predicted molar refractivity (Wildman–Crippen MR) is 124 cm³/mol. The number of nitrogens with zero attached hydrogens (tertiary/aromatic N) is 2. The number of carbonyl (C=O) groups excluding carboxylic acids is 1. The van der Waals surface area contributed by atoms with Gasteiger partial charge in [-0.2, -0.15) is 0 Å². The molecular weight excluding hydrogens is 402 g/mol. The van der Waals surface area contributed by atoms with Gasteiger partial charge in [0.05, 0.1) is 13.7 Å². The number of hydrogen-bond donors (Lipinski definition) is 1. The van der Waals surface area contributed by atoms with Crippen molar-refractivity contribution in [2.45, 2.75) is 18.6 Å². The van der Waals surface area contributed by atoms with Gasteiger partial charge in [0.25, 0.3) is 5.91 Å². The monoisotopic (exact) mass is 431 g/mol. The summed E-state index contributed by atoms with van der Waals surface area (Å²) in [6, 6.07) is 20.3. The molecule has 1 saturated heterocycles. The molecule has 0 unspecified atom stereocenters. The maximum Gasteiger partial charge on any atom is 0.253 e. The van der Waals surface area contributed by atoms with Crippen LogP contribution >= 0.6 is 0 Å². The summed E-state index contributed by atoms with van der Waals surface area (Å²) < 4.78 is 11.5. The molecule has 3 aromatic rings. The number of rotatable bonds is 7. The Balaban J connectivity index is 1.52. The summed E-state index contributed by atoms with van der Waals surface area (Å²) in [5.41, 5.74) is 3.45. The van der Waals surface area contributed by atoms with Crippen LogP contribution in [0.1, 0.15) is 11.1 Å². The molecule has 1 amide bonds. The van der Waals surface area contributed by atoms with E-state index in [2.05, 4.69) is 45.5 Å². The van der Waals surface area contributed by atoms with Crippen molar-refractivity contribution in [3.63, 3.8) is 0 Å². The highest BCUT2D eigenvalue weighted by Gasteiger charge is 2.43. The van der Waals surface area contributed by atoms with Gasteiger partial charge in [-0.3, -0.25) is 14.7 Å². The van der Waals surface area contributed by atoms with E-state index in [0.717, 1.165) is 41.1 Å². The lowest BCUT2D eigenvalue weighted by Gasteiger charge is -2.41. The molecule has 4 rings (SSSR count). The highest BCUT2D eigenvalue weighted by molar-refractivity contribution is 5.86. The Hall–Kier alpha value is -3.22. The van der Waals surface area contributed by atoms with Crippen molar-refractivity contribution in [1.29, 1.82) is 0 Å². The molecule has 0 saturated carbocycles. The van der Waals surface area contributed by atoms with Crippen LogP contribution < -0.4 is 10.1 Å². The quantitative estimate of drug-likeness (QED) is 0.622. The average Bonchev–Trinajstić information content (AvgIpc) is 2.85. The summed E-state index contributed by atoms with van der Waals surface area (Å²) in [5, 5.41) is 2.82. The van der Waals surface area contributed by atoms with E-state index in [4.69, 9.17) is 9.47 Å². The zero-order valence-corrected chi connectivity index (χ0v) is 18.6. The van der Waals surface area contributed by atoms with Gasteiger partial charge in [0.15, 0.2) is 5.60 Å². The molecule has 0 bridgehead atoms. The van der Waals surface area contributed by atoms with Crippen LogP contribution in [0.4, 0.5) is 0 Å². The van der Waals surface area contributed by atoms with Crippen LogP contribution in [0.3, 0.4) is 0 Å². The standard InChI is InChI=1S/C26H29N3O3/c1-27-25(30)26(16-20-8-10-22(11-9-20)23-6-4-12-28-17-23)19-29(13-14-32-26)18-21-5-3-7-24(15-21)31-2/h3-12,15,17H,13-14,16,18-19H2,1-2H3,(H,27,30)/t26-/m0/s1. The highest BCUT2D eigenvalue weighted by atomic mass is 16.5. The largest absolute Gasteiger partial charge is 0.497 e. The lowest BCUT2D eigenvalue weighted by Crippen LogP contribution is -2.60.